The van der Waals surface area contributed by atoms with Crippen LogP contribution in [0.2, 0.25) is 0 Å². The fourth-order valence-corrected chi connectivity index (χ4v) is 3.86. The molecule has 1 aromatic carbocycles. The molecule has 0 unspecified atom stereocenters. The Morgan fingerprint density at radius 2 is 2.00 bits per heavy atom. The predicted molar refractivity (Wildman–Crippen MR) is 82.7 cm³/mol. The Morgan fingerprint density at radius 3 is 2.81 bits per heavy atom. The molecule has 2 aliphatic rings. The van der Waals surface area contributed by atoms with Gasteiger partial charge in [-0.1, -0.05) is 25.8 Å². The highest BCUT2D eigenvalue weighted by Crippen LogP contribution is 2.37. The van der Waals surface area contributed by atoms with Gasteiger partial charge in [0.2, 0.25) is 0 Å². The molecule has 0 radical (unpaired) electrons. The second kappa shape index (κ2) is 4.90. The molecule has 21 heavy (non-hydrogen) atoms. The summed E-state index contributed by atoms with van der Waals surface area (Å²) in [5, 5.41) is 1.22. The Morgan fingerprint density at radius 1 is 1.19 bits per heavy atom. The smallest absolute Gasteiger partial charge is 0.355 e. The summed E-state index contributed by atoms with van der Waals surface area (Å²) >= 11 is 0. The van der Waals surface area contributed by atoms with Crippen LogP contribution in [0.5, 0.6) is 0 Å². The molecule has 0 atom stereocenters. The Labute approximate surface area is 124 Å². The first kappa shape index (κ1) is 12.9. The Kier molecular flexibility index (Phi) is 3.02. The molecule has 1 aromatic heterocycles. The van der Waals surface area contributed by atoms with E-state index >= 15 is 0 Å². The molecule has 2 aromatic rings. The summed E-state index contributed by atoms with van der Waals surface area (Å²) in [4.78, 5) is 15.1. The van der Waals surface area contributed by atoms with Crippen LogP contribution >= 0.6 is 0 Å². The van der Waals surface area contributed by atoms with E-state index in [1.807, 2.05) is 0 Å². The van der Waals surface area contributed by atoms with Gasteiger partial charge in [-0.2, -0.15) is 0 Å². The molecule has 1 saturated carbocycles. The lowest BCUT2D eigenvalue weighted by atomic mass is 9.79. The highest BCUT2D eigenvalue weighted by atomic mass is 16.5. The molecular weight excluding hydrogens is 262 g/mol. The molecule has 1 aliphatic carbocycles. The van der Waals surface area contributed by atoms with E-state index in [1.165, 1.54) is 36.6 Å². The fraction of sp³-hybridized carbons (Fsp3) is 0.500. The number of fused-ring (bicyclic) bond motifs is 3. The lowest BCUT2D eigenvalue weighted by Crippen LogP contribution is -2.16. The normalized spacial score (nSPS) is 25.7. The van der Waals surface area contributed by atoms with Crippen molar-refractivity contribution in [3.05, 3.63) is 35.0 Å². The summed E-state index contributed by atoms with van der Waals surface area (Å²) in [5.74, 6) is 1.35. The van der Waals surface area contributed by atoms with Crippen LogP contribution < -0.4 is 0 Å². The van der Waals surface area contributed by atoms with Crippen LogP contribution in [0.25, 0.3) is 10.9 Å². The summed E-state index contributed by atoms with van der Waals surface area (Å²) in [7, 11) is 0. The van der Waals surface area contributed by atoms with Crippen LogP contribution in [0.4, 0.5) is 0 Å². The van der Waals surface area contributed by atoms with Gasteiger partial charge in [-0.05, 0) is 47.9 Å². The average Bonchev–Trinajstić information content (AvgIpc) is 2.87. The highest BCUT2D eigenvalue weighted by Gasteiger charge is 2.25. The number of esters is 1. The van der Waals surface area contributed by atoms with Crippen LogP contribution in [-0.4, -0.2) is 17.6 Å². The van der Waals surface area contributed by atoms with E-state index < -0.39 is 0 Å². The SMILES string of the molecule is CC1CCC(c2ccc3[nH]c4c(c3c2)CCOC4=O)CC1. The van der Waals surface area contributed by atoms with E-state index in [2.05, 4.69) is 30.1 Å². The van der Waals surface area contributed by atoms with Gasteiger partial charge in [-0.25, -0.2) is 4.79 Å². The van der Waals surface area contributed by atoms with Crippen molar-refractivity contribution in [1.82, 2.24) is 4.98 Å². The quantitative estimate of drug-likeness (QED) is 0.798. The van der Waals surface area contributed by atoms with Gasteiger partial charge in [0, 0.05) is 17.3 Å². The molecule has 1 N–H and O–H groups in total. The zero-order valence-corrected chi connectivity index (χ0v) is 12.4. The van der Waals surface area contributed by atoms with Gasteiger partial charge in [-0.15, -0.1) is 0 Å². The van der Waals surface area contributed by atoms with E-state index in [0.29, 0.717) is 18.2 Å². The molecule has 0 saturated heterocycles. The Hall–Kier alpha value is -1.77. The standard InChI is InChI=1S/C18H21NO2/c1-11-2-4-12(5-3-11)13-6-7-16-15(10-13)14-8-9-21-18(20)17(14)19-16/h6-7,10-12,19H,2-5,8-9H2,1H3. The number of carbonyl (C=O) groups excluding carboxylic acids is 1. The molecule has 3 heteroatoms. The van der Waals surface area contributed by atoms with Gasteiger partial charge >= 0.3 is 5.97 Å². The third-order valence-electron chi connectivity index (χ3n) is 5.21. The zero-order valence-electron chi connectivity index (χ0n) is 12.4. The second-order valence-electron chi connectivity index (χ2n) is 6.63. The van der Waals surface area contributed by atoms with Crippen molar-refractivity contribution in [3.8, 4) is 0 Å². The molecule has 2 heterocycles. The number of aromatic amines is 1. The van der Waals surface area contributed by atoms with Gasteiger partial charge < -0.3 is 9.72 Å². The lowest BCUT2D eigenvalue weighted by molar-refractivity contribution is 0.0475. The van der Waals surface area contributed by atoms with Crippen molar-refractivity contribution in [3.63, 3.8) is 0 Å². The molecule has 3 nitrogen and oxygen atoms in total. The van der Waals surface area contributed by atoms with Gasteiger partial charge in [0.25, 0.3) is 0 Å². The average molecular weight is 283 g/mol. The zero-order chi connectivity index (χ0) is 14.4. The largest absolute Gasteiger partial charge is 0.461 e. The minimum Gasteiger partial charge on any atom is -0.461 e. The Bertz CT molecular complexity index is 693. The van der Waals surface area contributed by atoms with Crippen molar-refractivity contribution in [2.24, 2.45) is 5.92 Å². The van der Waals surface area contributed by atoms with Crippen molar-refractivity contribution in [1.29, 1.82) is 0 Å². The van der Waals surface area contributed by atoms with E-state index in [-0.39, 0.29) is 5.97 Å². The van der Waals surface area contributed by atoms with Crippen molar-refractivity contribution < 1.29 is 9.53 Å². The van der Waals surface area contributed by atoms with Crippen LogP contribution in [0, 0.1) is 5.92 Å². The number of carbonyl (C=O) groups is 1. The van der Waals surface area contributed by atoms with E-state index in [1.54, 1.807) is 0 Å². The van der Waals surface area contributed by atoms with Gasteiger partial charge in [0.1, 0.15) is 5.69 Å². The maximum absolute atomic E-state index is 11.8. The topological polar surface area (TPSA) is 42.1 Å². The molecule has 0 bridgehead atoms. The number of nitrogens with one attached hydrogen (secondary N) is 1. The van der Waals surface area contributed by atoms with Crippen molar-refractivity contribution >= 4 is 16.9 Å². The van der Waals surface area contributed by atoms with Gasteiger partial charge in [0.05, 0.1) is 6.61 Å². The van der Waals surface area contributed by atoms with E-state index in [9.17, 15) is 4.79 Å². The number of hydrogen-bond acceptors (Lipinski definition) is 2. The maximum Gasteiger partial charge on any atom is 0.355 e. The van der Waals surface area contributed by atoms with Crippen molar-refractivity contribution in [2.75, 3.05) is 6.61 Å². The van der Waals surface area contributed by atoms with Gasteiger partial charge in [0.15, 0.2) is 0 Å². The number of benzene rings is 1. The number of aromatic nitrogens is 1. The third-order valence-corrected chi connectivity index (χ3v) is 5.21. The second-order valence-corrected chi connectivity index (χ2v) is 6.63. The molecule has 110 valence electrons. The number of H-pyrrole nitrogens is 1. The van der Waals surface area contributed by atoms with E-state index in [4.69, 9.17) is 4.74 Å². The molecule has 0 amide bonds. The van der Waals surface area contributed by atoms with Crippen LogP contribution in [0.3, 0.4) is 0 Å². The number of cyclic esters (lactones) is 1. The predicted octanol–water partition coefficient (Wildman–Crippen LogP) is 4.17. The summed E-state index contributed by atoms with van der Waals surface area (Å²) < 4.78 is 5.12. The first-order valence-electron chi connectivity index (χ1n) is 8.04. The summed E-state index contributed by atoms with van der Waals surface area (Å²) in [5.41, 5.74) is 4.31. The summed E-state index contributed by atoms with van der Waals surface area (Å²) in [6, 6.07) is 6.68. The maximum atomic E-state index is 11.8. The molecule has 0 spiro atoms. The number of ether oxygens (including phenoxy) is 1. The fourth-order valence-electron chi connectivity index (χ4n) is 3.86. The van der Waals surface area contributed by atoms with Crippen molar-refractivity contribution in [2.45, 2.75) is 44.9 Å². The van der Waals surface area contributed by atoms with E-state index in [0.717, 1.165) is 23.4 Å². The van der Waals surface area contributed by atoms with Crippen LogP contribution in [0.1, 0.15) is 60.1 Å². The Balaban J connectivity index is 1.74. The first-order chi connectivity index (χ1) is 10.2. The summed E-state index contributed by atoms with van der Waals surface area (Å²) in [6.07, 6.45) is 6.08. The van der Waals surface area contributed by atoms with Gasteiger partial charge in [-0.3, -0.25) is 0 Å². The number of hydrogen-bond donors (Lipinski definition) is 1. The van der Waals surface area contributed by atoms with Crippen LogP contribution in [-0.2, 0) is 11.2 Å². The lowest BCUT2D eigenvalue weighted by Gasteiger charge is -2.26. The molecule has 4 rings (SSSR count). The molecule has 1 fully saturated rings. The number of rotatable bonds is 1. The molecular formula is C18H21NO2. The summed E-state index contributed by atoms with van der Waals surface area (Å²) in [6.45, 7) is 2.86. The monoisotopic (exact) mass is 283 g/mol. The highest BCUT2D eigenvalue weighted by molar-refractivity contribution is 5.99. The third kappa shape index (κ3) is 2.15. The first-order valence-corrected chi connectivity index (χ1v) is 8.04. The van der Waals surface area contributed by atoms with Crippen LogP contribution in [0.15, 0.2) is 18.2 Å². The minimum absolute atomic E-state index is 0.208. The minimum atomic E-state index is -0.208. The molecule has 1 aliphatic heterocycles.